The Balaban J connectivity index is 1.35. The number of piperidine rings is 1. The van der Waals surface area contributed by atoms with Crippen LogP contribution in [0.2, 0.25) is 0 Å². The molecule has 3 aliphatic heterocycles. The highest BCUT2D eigenvalue weighted by Crippen LogP contribution is 2.36. The average Bonchev–Trinajstić information content (AvgIpc) is 2.88. The minimum Gasteiger partial charge on any atom is -0.381 e. The molecule has 1 spiro atoms. The molecule has 0 unspecified atom stereocenters. The smallest absolute Gasteiger partial charge is 0.0641 e. The summed E-state index contributed by atoms with van der Waals surface area (Å²) in [6.45, 7) is 9.39. The second-order valence-corrected chi connectivity index (χ2v) is 8.04. The predicted octanol–water partition coefficient (Wildman–Crippen LogP) is 2.43. The van der Waals surface area contributed by atoms with Crippen molar-refractivity contribution in [3.05, 3.63) is 24.5 Å². The van der Waals surface area contributed by atoms with Crippen molar-refractivity contribution in [3.8, 4) is 0 Å². The summed E-state index contributed by atoms with van der Waals surface area (Å²) in [5.74, 6) is 0.833. The first-order valence-corrected chi connectivity index (χ1v) is 9.86. The molecular weight excluding hydrogens is 314 g/mol. The summed E-state index contributed by atoms with van der Waals surface area (Å²) >= 11 is 0. The molecule has 0 bridgehead atoms. The highest BCUT2D eigenvalue weighted by atomic mass is 16.5. The van der Waals surface area contributed by atoms with Crippen LogP contribution in [0.1, 0.15) is 25.7 Å². The van der Waals surface area contributed by atoms with Crippen LogP contribution in [0.4, 0.5) is 5.69 Å². The summed E-state index contributed by atoms with van der Waals surface area (Å²) in [7, 11) is 0. The number of likely N-dealkylation sites (tertiary alicyclic amines) is 1. The molecule has 0 N–H and O–H groups in total. The van der Waals surface area contributed by atoms with E-state index in [0.29, 0.717) is 5.41 Å². The maximum absolute atomic E-state index is 6.03. The quantitative estimate of drug-likeness (QED) is 0.841. The molecule has 4 heterocycles. The molecule has 5 nitrogen and oxygen atoms in total. The Labute approximate surface area is 151 Å². The van der Waals surface area contributed by atoms with Gasteiger partial charge in [-0.15, -0.1) is 0 Å². The van der Waals surface area contributed by atoms with Gasteiger partial charge in [-0.05, 0) is 56.8 Å². The van der Waals surface area contributed by atoms with Crippen molar-refractivity contribution in [3.63, 3.8) is 0 Å². The number of hydrogen-bond acceptors (Lipinski definition) is 5. The van der Waals surface area contributed by atoms with E-state index in [2.05, 4.69) is 20.9 Å². The van der Waals surface area contributed by atoms with Crippen LogP contribution in [-0.2, 0) is 9.47 Å². The van der Waals surface area contributed by atoms with Gasteiger partial charge in [0.05, 0.1) is 25.1 Å². The van der Waals surface area contributed by atoms with Gasteiger partial charge < -0.3 is 19.3 Å². The van der Waals surface area contributed by atoms with Crippen molar-refractivity contribution >= 4 is 5.69 Å². The monoisotopic (exact) mass is 345 g/mol. The molecule has 1 aromatic rings. The maximum atomic E-state index is 6.03. The first kappa shape index (κ1) is 17.3. The molecular formula is C20H31N3O2. The van der Waals surface area contributed by atoms with Gasteiger partial charge in [0.25, 0.3) is 0 Å². The number of hydrogen-bond donors (Lipinski definition) is 0. The number of ether oxygens (including phenoxy) is 2. The third-order valence-corrected chi connectivity index (χ3v) is 6.23. The standard InChI is InChI=1S/C20H31N3O2/c1-2-19(14-21-7-1)23-10-13-25-17-20(16-23)5-8-22(9-6-20)15-18-3-11-24-12-4-18/h1-2,7,14,18H,3-6,8-13,15-17H2. The highest BCUT2D eigenvalue weighted by molar-refractivity contribution is 5.44. The van der Waals surface area contributed by atoms with E-state index in [1.807, 2.05) is 18.5 Å². The second-order valence-electron chi connectivity index (χ2n) is 8.04. The summed E-state index contributed by atoms with van der Waals surface area (Å²) in [6, 6.07) is 4.20. The van der Waals surface area contributed by atoms with Crippen LogP contribution in [0.3, 0.4) is 0 Å². The zero-order valence-electron chi connectivity index (χ0n) is 15.2. The molecule has 25 heavy (non-hydrogen) atoms. The van der Waals surface area contributed by atoms with Crippen LogP contribution in [0, 0.1) is 11.3 Å². The van der Waals surface area contributed by atoms with E-state index in [4.69, 9.17) is 9.47 Å². The van der Waals surface area contributed by atoms with E-state index in [0.717, 1.165) is 45.4 Å². The lowest BCUT2D eigenvalue weighted by molar-refractivity contribution is 0.00750. The lowest BCUT2D eigenvalue weighted by atomic mass is 9.78. The molecule has 0 amide bonds. The Morgan fingerprint density at radius 1 is 1.08 bits per heavy atom. The van der Waals surface area contributed by atoms with Gasteiger partial charge >= 0.3 is 0 Å². The topological polar surface area (TPSA) is 37.8 Å². The number of anilines is 1. The summed E-state index contributed by atoms with van der Waals surface area (Å²) < 4.78 is 11.5. The summed E-state index contributed by atoms with van der Waals surface area (Å²) in [5, 5.41) is 0. The molecule has 138 valence electrons. The number of nitrogens with zero attached hydrogens (tertiary/aromatic N) is 3. The van der Waals surface area contributed by atoms with E-state index < -0.39 is 0 Å². The lowest BCUT2D eigenvalue weighted by Gasteiger charge is -2.44. The van der Waals surface area contributed by atoms with Crippen LogP contribution in [0.5, 0.6) is 0 Å². The summed E-state index contributed by atoms with van der Waals surface area (Å²) in [5.41, 5.74) is 1.54. The second kappa shape index (κ2) is 8.02. The largest absolute Gasteiger partial charge is 0.381 e. The van der Waals surface area contributed by atoms with Crippen molar-refractivity contribution in [1.82, 2.24) is 9.88 Å². The highest BCUT2D eigenvalue weighted by Gasteiger charge is 2.38. The first-order chi connectivity index (χ1) is 12.3. The number of rotatable bonds is 3. The van der Waals surface area contributed by atoms with E-state index >= 15 is 0 Å². The van der Waals surface area contributed by atoms with Gasteiger partial charge in [0.15, 0.2) is 0 Å². The lowest BCUT2D eigenvalue weighted by Crippen LogP contribution is -2.48. The summed E-state index contributed by atoms with van der Waals surface area (Å²) in [4.78, 5) is 9.46. The molecule has 5 heteroatoms. The Bertz CT molecular complexity index is 525. The molecule has 3 aliphatic rings. The summed E-state index contributed by atoms with van der Waals surface area (Å²) in [6.07, 6.45) is 8.79. The molecule has 0 aromatic carbocycles. The maximum Gasteiger partial charge on any atom is 0.0641 e. The zero-order chi connectivity index (χ0) is 17.0. The fourth-order valence-electron chi connectivity index (χ4n) is 4.56. The molecule has 0 aliphatic carbocycles. The van der Waals surface area contributed by atoms with Crippen LogP contribution in [0.25, 0.3) is 0 Å². The fraction of sp³-hybridized carbons (Fsp3) is 0.750. The van der Waals surface area contributed by atoms with Crippen LogP contribution < -0.4 is 4.90 Å². The van der Waals surface area contributed by atoms with Gasteiger partial charge in [-0.25, -0.2) is 0 Å². The Morgan fingerprint density at radius 3 is 2.68 bits per heavy atom. The van der Waals surface area contributed by atoms with Crippen LogP contribution >= 0.6 is 0 Å². The first-order valence-electron chi connectivity index (χ1n) is 9.86. The van der Waals surface area contributed by atoms with E-state index in [1.165, 1.54) is 51.0 Å². The van der Waals surface area contributed by atoms with Crippen molar-refractivity contribution in [2.45, 2.75) is 25.7 Å². The van der Waals surface area contributed by atoms with Crippen LogP contribution in [0.15, 0.2) is 24.5 Å². The van der Waals surface area contributed by atoms with E-state index in [9.17, 15) is 0 Å². The Morgan fingerprint density at radius 2 is 1.92 bits per heavy atom. The van der Waals surface area contributed by atoms with Gasteiger partial charge in [0.2, 0.25) is 0 Å². The number of aromatic nitrogens is 1. The van der Waals surface area contributed by atoms with E-state index in [1.54, 1.807) is 0 Å². The molecule has 4 rings (SSSR count). The van der Waals surface area contributed by atoms with Crippen LogP contribution in [-0.4, -0.2) is 69.0 Å². The SMILES string of the molecule is c1cncc(N2CCOCC3(CCN(CC4CCOCC4)CC3)C2)c1. The predicted molar refractivity (Wildman–Crippen MR) is 98.9 cm³/mol. The van der Waals surface area contributed by atoms with Gasteiger partial charge in [-0.2, -0.15) is 0 Å². The average molecular weight is 345 g/mol. The van der Waals surface area contributed by atoms with Gasteiger partial charge in [0.1, 0.15) is 0 Å². The van der Waals surface area contributed by atoms with Gasteiger partial charge in [0, 0.05) is 44.5 Å². The normalized spacial score (nSPS) is 25.8. The van der Waals surface area contributed by atoms with Crippen molar-refractivity contribution in [2.75, 3.05) is 64.1 Å². The van der Waals surface area contributed by atoms with Crippen molar-refractivity contribution in [2.24, 2.45) is 11.3 Å². The number of pyridine rings is 1. The fourth-order valence-corrected chi connectivity index (χ4v) is 4.56. The molecule has 0 atom stereocenters. The molecule has 0 radical (unpaired) electrons. The van der Waals surface area contributed by atoms with Crippen molar-refractivity contribution in [1.29, 1.82) is 0 Å². The molecule has 0 saturated carbocycles. The Kier molecular flexibility index (Phi) is 5.54. The minimum atomic E-state index is 0.304. The minimum absolute atomic E-state index is 0.304. The molecule has 3 fully saturated rings. The third kappa shape index (κ3) is 4.33. The Hall–Kier alpha value is -1.17. The zero-order valence-corrected chi connectivity index (χ0v) is 15.2. The van der Waals surface area contributed by atoms with Crippen molar-refractivity contribution < 1.29 is 9.47 Å². The van der Waals surface area contributed by atoms with Gasteiger partial charge in [-0.3, -0.25) is 4.98 Å². The molecule has 1 aromatic heterocycles. The third-order valence-electron chi connectivity index (χ3n) is 6.23. The molecule has 3 saturated heterocycles. The van der Waals surface area contributed by atoms with E-state index in [-0.39, 0.29) is 0 Å². The van der Waals surface area contributed by atoms with Gasteiger partial charge in [-0.1, -0.05) is 0 Å².